The fourth-order valence-corrected chi connectivity index (χ4v) is 2.88. The first-order valence-electron chi connectivity index (χ1n) is 6.15. The van der Waals surface area contributed by atoms with Gasteiger partial charge in [0.15, 0.2) is 0 Å². The number of hydrogen-bond acceptors (Lipinski definition) is 4. The molecule has 1 rings (SSSR count). The monoisotopic (exact) mass is 286 g/mol. The van der Waals surface area contributed by atoms with E-state index < -0.39 is 0 Å². The lowest BCUT2D eigenvalue weighted by Crippen LogP contribution is -2.21. The van der Waals surface area contributed by atoms with E-state index in [-0.39, 0.29) is 0 Å². The first-order valence-corrected chi connectivity index (χ1v) is 7.71. The molecule has 0 amide bonds. The zero-order valence-corrected chi connectivity index (χ0v) is 13.1. The van der Waals surface area contributed by atoms with Gasteiger partial charge in [-0.1, -0.05) is 19.1 Å². The van der Waals surface area contributed by atoms with Gasteiger partial charge in [-0.2, -0.15) is 16.9 Å². The van der Waals surface area contributed by atoms with Gasteiger partial charge in [0.1, 0.15) is 10.8 Å². The number of aryl methyl sites for hydroxylation is 2. The third-order valence-electron chi connectivity index (χ3n) is 2.75. The molecule has 0 spiro atoms. The number of aromatic nitrogens is 2. The molecule has 102 valence electrons. The van der Waals surface area contributed by atoms with Gasteiger partial charge in [-0.3, -0.25) is 4.68 Å². The average molecular weight is 286 g/mol. The summed E-state index contributed by atoms with van der Waals surface area (Å²) < 4.78 is 1.81. The van der Waals surface area contributed by atoms with Crippen molar-refractivity contribution in [1.29, 1.82) is 0 Å². The summed E-state index contributed by atoms with van der Waals surface area (Å²) in [6.45, 7) is 6.28. The fourth-order valence-electron chi connectivity index (χ4n) is 1.83. The average Bonchev–Trinajstić information content (AvgIpc) is 2.54. The third-order valence-corrected chi connectivity index (χ3v) is 3.89. The highest BCUT2D eigenvalue weighted by atomic mass is 32.2. The van der Waals surface area contributed by atoms with Gasteiger partial charge < -0.3 is 11.1 Å². The van der Waals surface area contributed by atoms with E-state index in [0.717, 1.165) is 35.0 Å². The summed E-state index contributed by atoms with van der Waals surface area (Å²) >= 11 is 7.04. The number of hydrogen-bond donors (Lipinski definition) is 2. The van der Waals surface area contributed by atoms with Gasteiger partial charge in [0.25, 0.3) is 0 Å². The third kappa shape index (κ3) is 3.88. The maximum absolute atomic E-state index is 5.76. The van der Waals surface area contributed by atoms with Crippen molar-refractivity contribution < 1.29 is 0 Å². The predicted octanol–water partition coefficient (Wildman–Crippen LogP) is 2.31. The van der Waals surface area contributed by atoms with Crippen LogP contribution in [-0.2, 0) is 7.05 Å². The Hall–Kier alpha value is -0.750. The quantitative estimate of drug-likeness (QED) is 0.595. The molecule has 1 aromatic rings. The zero-order valence-electron chi connectivity index (χ0n) is 11.5. The molecule has 0 fully saturated rings. The van der Waals surface area contributed by atoms with E-state index in [1.807, 2.05) is 30.4 Å². The lowest BCUT2D eigenvalue weighted by atomic mass is 10.2. The number of anilines is 1. The first kappa shape index (κ1) is 15.3. The molecule has 0 aliphatic heterocycles. The molecule has 6 heteroatoms. The molecule has 0 aliphatic rings. The van der Waals surface area contributed by atoms with Crippen molar-refractivity contribution in [1.82, 2.24) is 9.78 Å². The van der Waals surface area contributed by atoms with E-state index >= 15 is 0 Å². The van der Waals surface area contributed by atoms with Crippen molar-refractivity contribution in [3.63, 3.8) is 0 Å². The van der Waals surface area contributed by atoms with Crippen molar-refractivity contribution >= 4 is 34.8 Å². The van der Waals surface area contributed by atoms with E-state index in [1.54, 1.807) is 0 Å². The summed E-state index contributed by atoms with van der Waals surface area (Å²) in [7, 11) is 1.91. The Kier molecular flexibility index (Phi) is 5.95. The van der Waals surface area contributed by atoms with E-state index in [4.69, 9.17) is 18.0 Å². The van der Waals surface area contributed by atoms with Gasteiger partial charge in [-0.05, 0) is 31.8 Å². The van der Waals surface area contributed by atoms with Crippen molar-refractivity contribution in [2.45, 2.75) is 33.2 Å². The van der Waals surface area contributed by atoms with Crippen LogP contribution >= 0.6 is 24.0 Å². The second-order valence-electron chi connectivity index (χ2n) is 4.33. The van der Waals surface area contributed by atoms with Gasteiger partial charge >= 0.3 is 0 Å². The molecule has 0 aliphatic carbocycles. The molecule has 4 nitrogen and oxygen atoms in total. The van der Waals surface area contributed by atoms with E-state index in [9.17, 15) is 0 Å². The maximum atomic E-state index is 5.76. The Morgan fingerprint density at radius 2 is 2.28 bits per heavy atom. The highest BCUT2D eigenvalue weighted by Gasteiger charge is 2.16. The highest BCUT2D eigenvalue weighted by molar-refractivity contribution is 7.99. The molecule has 1 unspecified atom stereocenters. The Morgan fingerprint density at radius 3 is 2.83 bits per heavy atom. The van der Waals surface area contributed by atoms with Crippen molar-refractivity contribution in [2.75, 3.05) is 16.8 Å². The molecule has 0 radical (unpaired) electrons. The van der Waals surface area contributed by atoms with Crippen LogP contribution < -0.4 is 11.1 Å². The summed E-state index contributed by atoms with van der Waals surface area (Å²) in [5.41, 5.74) is 7.50. The van der Waals surface area contributed by atoms with E-state index in [0.29, 0.717) is 11.0 Å². The topological polar surface area (TPSA) is 55.9 Å². The summed E-state index contributed by atoms with van der Waals surface area (Å²) in [6, 6.07) is 0.381. The van der Waals surface area contributed by atoms with Gasteiger partial charge in [-0.25, -0.2) is 0 Å². The summed E-state index contributed by atoms with van der Waals surface area (Å²) in [6.07, 6.45) is 1.11. The van der Waals surface area contributed by atoms with Gasteiger partial charge in [0, 0.05) is 13.1 Å². The van der Waals surface area contributed by atoms with Crippen molar-refractivity contribution in [3.05, 3.63) is 11.3 Å². The molecule has 1 atom stereocenters. The van der Waals surface area contributed by atoms with Gasteiger partial charge in [0.2, 0.25) is 0 Å². The summed E-state index contributed by atoms with van der Waals surface area (Å²) in [4.78, 5) is 0.401. The molecular weight excluding hydrogens is 264 g/mol. The van der Waals surface area contributed by atoms with Crippen LogP contribution in [0.15, 0.2) is 0 Å². The zero-order chi connectivity index (χ0) is 13.7. The highest BCUT2D eigenvalue weighted by Crippen LogP contribution is 2.20. The molecule has 0 aromatic carbocycles. The van der Waals surface area contributed by atoms with E-state index in [1.165, 1.54) is 0 Å². The minimum atomic E-state index is 0.381. The summed E-state index contributed by atoms with van der Waals surface area (Å²) in [5, 5.41) is 7.82. The Labute approximate surface area is 119 Å². The number of thioether (sulfide) groups is 1. The van der Waals surface area contributed by atoms with Crippen LogP contribution in [0.4, 0.5) is 5.82 Å². The molecule has 0 saturated heterocycles. The molecule has 1 heterocycles. The van der Waals surface area contributed by atoms with Crippen LogP contribution in [0.3, 0.4) is 0 Å². The molecule has 0 bridgehead atoms. The number of nitrogens with one attached hydrogen (secondary N) is 1. The Balaban J connectivity index is 2.74. The first-order chi connectivity index (χ1) is 8.47. The predicted molar refractivity (Wildman–Crippen MR) is 84.5 cm³/mol. The normalized spacial score (nSPS) is 12.4. The van der Waals surface area contributed by atoms with E-state index in [2.05, 4.69) is 24.3 Å². The van der Waals surface area contributed by atoms with Crippen LogP contribution in [-0.4, -0.2) is 32.3 Å². The minimum Gasteiger partial charge on any atom is -0.389 e. The van der Waals surface area contributed by atoms with Crippen LogP contribution in [0.1, 0.15) is 31.5 Å². The largest absolute Gasteiger partial charge is 0.389 e. The fraction of sp³-hybridized carbons (Fsp3) is 0.667. The molecular formula is C12H22N4S2. The minimum absolute atomic E-state index is 0.381. The van der Waals surface area contributed by atoms with Gasteiger partial charge in [-0.15, -0.1) is 0 Å². The van der Waals surface area contributed by atoms with Crippen LogP contribution in [0, 0.1) is 6.92 Å². The maximum Gasteiger partial charge on any atom is 0.134 e. The standard InChI is InChI=1S/C12H22N4S2/c1-5-18-7-6-8(2)14-12-10(11(13)17)9(3)15-16(12)4/h8,14H,5-7H2,1-4H3,(H2,13,17). The number of thiocarbonyl (C=S) groups is 1. The van der Waals surface area contributed by atoms with Crippen LogP contribution in [0.2, 0.25) is 0 Å². The van der Waals surface area contributed by atoms with Crippen LogP contribution in [0.5, 0.6) is 0 Å². The second-order valence-corrected chi connectivity index (χ2v) is 6.16. The number of nitrogens with zero attached hydrogens (tertiary/aromatic N) is 2. The lowest BCUT2D eigenvalue weighted by Gasteiger charge is -2.16. The Morgan fingerprint density at radius 1 is 1.61 bits per heavy atom. The Bertz CT molecular complexity index is 414. The van der Waals surface area contributed by atoms with Gasteiger partial charge in [0.05, 0.1) is 11.3 Å². The van der Waals surface area contributed by atoms with Crippen molar-refractivity contribution in [3.8, 4) is 0 Å². The molecule has 3 N–H and O–H groups in total. The second kappa shape index (κ2) is 6.99. The molecule has 0 saturated carbocycles. The van der Waals surface area contributed by atoms with Crippen LogP contribution in [0.25, 0.3) is 0 Å². The number of nitrogens with two attached hydrogens (primary N) is 1. The smallest absolute Gasteiger partial charge is 0.134 e. The molecule has 18 heavy (non-hydrogen) atoms. The SMILES string of the molecule is CCSCCC(C)Nc1c(C(N)=S)c(C)nn1C. The summed E-state index contributed by atoms with van der Waals surface area (Å²) in [5.74, 6) is 3.24. The lowest BCUT2D eigenvalue weighted by molar-refractivity contribution is 0.717. The van der Waals surface area contributed by atoms with Crippen molar-refractivity contribution in [2.24, 2.45) is 12.8 Å². The molecule has 1 aromatic heterocycles. The number of rotatable bonds is 7.